The van der Waals surface area contributed by atoms with Crippen molar-refractivity contribution in [2.24, 2.45) is 0 Å². The summed E-state index contributed by atoms with van der Waals surface area (Å²) in [5.74, 6) is -0.882. The molecule has 0 aliphatic rings. The SMILES string of the molecule is O=C(Nc1ccc(OC(F)(F)F)cc1)c1ccc2cccc(Cl)c2n1. The summed E-state index contributed by atoms with van der Waals surface area (Å²) >= 11 is 6.06. The van der Waals surface area contributed by atoms with Crippen LogP contribution in [-0.4, -0.2) is 17.3 Å². The number of fused-ring (bicyclic) bond motifs is 1. The van der Waals surface area contributed by atoms with Crippen molar-refractivity contribution in [3.05, 3.63) is 65.3 Å². The van der Waals surface area contributed by atoms with E-state index in [1.165, 1.54) is 18.2 Å². The summed E-state index contributed by atoms with van der Waals surface area (Å²) in [7, 11) is 0. The second kappa shape index (κ2) is 6.60. The zero-order chi connectivity index (χ0) is 18.0. The van der Waals surface area contributed by atoms with Gasteiger partial charge in [-0.1, -0.05) is 29.8 Å². The van der Waals surface area contributed by atoms with E-state index in [4.69, 9.17) is 11.6 Å². The van der Waals surface area contributed by atoms with Gasteiger partial charge >= 0.3 is 6.36 Å². The van der Waals surface area contributed by atoms with Gasteiger partial charge in [-0.15, -0.1) is 13.2 Å². The maximum atomic E-state index is 12.3. The molecule has 1 aromatic heterocycles. The van der Waals surface area contributed by atoms with Crippen LogP contribution in [0.5, 0.6) is 5.75 Å². The molecule has 0 bridgehead atoms. The van der Waals surface area contributed by atoms with Crippen molar-refractivity contribution in [2.45, 2.75) is 6.36 Å². The molecule has 1 amide bonds. The Morgan fingerprint density at radius 2 is 1.76 bits per heavy atom. The van der Waals surface area contributed by atoms with Gasteiger partial charge in [-0.3, -0.25) is 4.79 Å². The Hall–Kier alpha value is -2.80. The van der Waals surface area contributed by atoms with Crippen LogP contribution in [0, 0.1) is 0 Å². The fraction of sp³-hybridized carbons (Fsp3) is 0.0588. The summed E-state index contributed by atoms with van der Waals surface area (Å²) in [5, 5.41) is 3.76. The van der Waals surface area contributed by atoms with Crippen LogP contribution in [0.1, 0.15) is 10.5 Å². The lowest BCUT2D eigenvalue weighted by Gasteiger charge is -2.10. The van der Waals surface area contributed by atoms with Gasteiger partial charge < -0.3 is 10.1 Å². The highest BCUT2D eigenvalue weighted by Crippen LogP contribution is 2.25. The third kappa shape index (κ3) is 4.19. The molecule has 128 valence electrons. The normalized spacial score (nSPS) is 11.4. The highest BCUT2D eigenvalue weighted by atomic mass is 35.5. The fourth-order valence-corrected chi connectivity index (χ4v) is 2.40. The summed E-state index contributed by atoms with van der Waals surface area (Å²) < 4.78 is 40.1. The maximum Gasteiger partial charge on any atom is 0.573 e. The van der Waals surface area contributed by atoms with E-state index >= 15 is 0 Å². The Kier molecular flexibility index (Phi) is 4.50. The largest absolute Gasteiger partial charge is 0.573 e. The van der Waals surface area contributed by atoms with E-state index in [0.717, 1.165) is 17.5 Å². The van der Waals surface area contributed by atoms with Crippen molar-refractivity contribution in [1.82, 2.24) is 4.98 Å². The molecule has 0 atom stereocenters. The van der Waals surface area contributed by atoms with Gasteiger partial charge in [0.25, 0.3) is 5.91 Å². The zero-order valence-corrected chi connectivity index (χ0v) is 13.2. The molecule has 0 saturated heterocycles. The molecule has 3 rings (SSSR count). The number of pyridine rings is 1. The van der Waals surface area contributed by atoms with E-state index < -0.39 is 12.3 Å². The van der Waals surface area contributed by atoms with Crippen LogP contribution >= 0.6 is 11.6 Å². The predicted octanol–water partition coefficient (Wildman–Crippen LogP) is 5.04. The molecule has 0 radical (unpaired) electrons. The highest BCUT2D eigenvalue weighted by Gasteiger charge is 2.30. The van der Waals surface area contributed by atoms with Crippen LogP contribution in [0.2, 0.25) is 5.02 Å². The van der Waals surface area contributed by atoms with Crippen LogP contribution in [0.4, 0.5) is 18.9 Å². The minimum atomic E-state index is -4.76. The number of nitrogens with zero attached hydrogens (tertiary/aromatic N) is 1. The Morgan fingerprint density at radius 3 is 2.44 bits per heavy atom. The molecule has 0 spiro atoms. The molecule has 25 heavy (non-hydrogen) atoms. The average molecular weight is 367 g/mol. The number of hydrogen-bond acceptors (Lipinski definition) is 3. The van der Waals surface area contributed by atoms with E-state index in [1.807, 2.05) is 6.07 Å². The van der Waals surface area contributed by atoms with Crippen molar-refractivity contribution < 1.29 is 22.7 Å². The van der Waals surface area contributed by atoms with E-state index in [9.17, 15) is 18.0 Å². The number of rotatable bonds is 3. The molecule has 0 aliphatic heterocycles. The van der Waals surface area contributed by atoms with Crippen LogP contribution < -0.4 is 10.1 Å². The third-order valence-electron chi connectivity index (χ3n) is 3.25. The number of carbonyl (C=O) groups excluding carboxylic acids is 1. The summed E-state index contributed by atoms with van der Waals surface area (Å²) in [6.45, 7) is 0. The number of amides is 1. The first-order chi connectivity index (χ1) is 11.8. The molecule has 8 heteroatoms. The lowest BCUT2D eigenvalue weighted by atomic mass is 10.2. The summed E-state index contributed by atoms with van der Waals surface area (Å²) in [6.07, 6.45) is -4.76. The molecule has 0 aliphatic carbocycles. The first kappa shape index (κ1) is 17.0. The number of para-hydroxylation sites is 1. The second-order valence-corrected chi connectivity index (χ2v) is 5.44. The lowest BCUT2D eigenvalue weighted by molar-refractivity contribution is -0.274. The van der Waals surface area contributed by atoms with Gasteiger partial charge in [-0.25, -0.2) is 4.98 Å². The maximum absolute atomic E-state index is 12.3. The van der Waals surface area contributed by atoms with Gasteiger partial charge in [-0.05, 0) is 36.4 Å². The topological polar surface area (TPSA) is 51.2 Å². The second-order valence-electron chi connectivity index (χ2n) is 5.03. The number of ether oxygens (including phenoxy) is 1. The van der Waals surface area contributed by atoms with E-state index in [0.29, 0.717) is 16.2 Å². The molecule has 0 unspecified atom stereocenters. The Balaban J connectivity index is 1.77. The molecule has 3 aromatic rings. The van der Waals surface area contributed by atoms with E-state index in [2.05, 4.69) is 15.0 Å². The number of aromatic nitrogens is 1. The van der Waals surface area contributed by atoms with Gasteiger partial charge in [-0.2, -0.15) is 0 Å². The van der Waals surface area contributed by atoms with Gasteiger partial charge in [0.1, 0.15) is 11.4 Å². The minimum absolute atomic E-state index is 0.135. The van der Waals surface area contributed by atoms with Gasteiger partial charge in [0.2, 0.25) is 0 Å². The van der Waals surface area contributed by atoms with Crippen LogP contribution in [0.15, 0.2) is 54.6 Å². The Labute approximate surface area is 145 Å². The lowest BCUT2D eigenvalue weighted by Crippen LogP contribution is -2.17. The van der Waals surface area contributed by atoms with Gasteiger partial charge in [0.05, 0.1) is 10.5 Å². The molecule has 0 saturated carbocycles. The first-order valence-electron chi connectivity index (χ1n) is 7.04. The summed E-state index contributed by atoms with van der Waals surface area (Å²) in [4.78, 5) is 16.5. The van der Waals surface area contributed by atoms with E-state index in [-0.39, 0.29) is 11.4 Å². The molecule has 4 nitrogen and oxygen atoms in total. The summed E-state index contributed by atoms with van der Waals surface area (Å²) in [6, 6.07) is 13.3. The number of benzene rings is 2. The predicted molar refractivity (Wildman–Crippen MR) is 87.8 cm³/mol. The Bertz CT molecular complexity index is 927. The molecule has 0 fully saturated rings. The molecule has 2 aromatic carbocycles. The van der Waals surface area contributed by atoms with Crippen LogP contribution in [0.25, 0.3) is 10.9 Å². The summed E-state index contributed by atoms with van der Waals surface area (Å²) in [5.41, 5.74) is 0.933. The zero-order valence-electron chi connectivity index (χ0n) is 12.5. The number of nitrogens with one attached hydrogen (secondary N) is 1. The molecule has 1 heterocycles. The van der Waals surface area contributed by atoms with Crippen molar-refractivity contribution in [1.29, 1.82) is 0 Å². The van der Waals surface area contributed by atoms with E-state index in [1.54, 1.807) is 18.2 Å². The third-order valence-corrected chi connectivity index (χ3v) is 3.55. The van der Waals surface area contributed by atoms with Crippen LogP contribution in [0.3, 0.4) is 0 Å². The minimum Gasteiger partial charge on any atom is -0.406 e. The monoisotopic (exact) mass is 366 g/mol. The molecule has 1 N–H and O–H groups in total. The van der Waals surface area contributed by atoms with Crippen LogP contribution in [-0.2, 0) is 0 Å². The van der Waals surface area contributed by atoms with Crippen molar-refractivity contribution in [3.8, 4) is 5.75 Å². The fourth-order valence-electron chi connectivity index (χ4n) is 2.17. The highest BCUT2D eigenvalue weighted by molar-refractivity contribution is 6.35. The standard InChI is InChI=1S/C17H10ClF3N2O2/c18-13-3-1-2-10-4-9-14(23-15(10)13)16(24)22-11-5-7-12(8-6-11)25-17(19,20)21/h1-9H,(H,22,24). The van der Waals surface area contributed by atoms with Gasteiger partial charge in [0, 0.05) is 11.1 Å². The smallest absolute Gasteiger partial charge is 0.406 e. The van der Waals surface area contributed by atoms with Crippen molar-refractivity contribution >= 4 is 34.1 Å². The quantitative estimate of drug-likeness (QED) is 0.706. The number of alkyl halides is 3. The average Bonchev–Trinajstić information content (AvgIpc) is 2.55. The number of carbonyl (C=O) groups is 1. The first-order valence-corrected chi connectivity index (χ1v) is 7.42. The van der Waals surface area contributed by atoms with Crippen molar-refractivity contribution in [2.75, 3.05) is 5.32 Å². The van der Waals surface area contributed by atoms with Crippen molar-refractivity contribution in [3.63, 3.8) is 0 Å². The number of hydrogen-bond donors (Lipinski definition) is 1. The number of anilines is 1. The molecular formula is C17H10ClF3N2O2. The number of halogens is 4. The van der Waals surface area contributed by atoms with Gasteiger partial charge in [0.15, 0.2) is 0 Å². The molecular weight excluding hydrogens is 357 g/mol. The Morgan fingerprint density at radius 1 is 1.04 bits per heavy atom.